The molecule has 0 aliphatic heterocycles. The van der Waals surface area contributed by atoms with Crippen LogP contribution in [0.25, 0.3) is 10.8 Å². The molecule has 2 aromatic rings. The smallest absolute Gasteiger partial charge is 0.0595 e. The summed E-state index contributed by atoms with van der Waals surface area (Å²) in [7, 11) is 0. The van der Waals surface area contributed by atoms with E-state index in [9.17, 15) is 0 Å². The molecule has 0 atom stereocenters. The maximum Gasteiger partial charge on any atom is 0.0595 e. The van der Waals surface area contributed by atoms with E-state index in [1.807, 2.05) is 5.01 Å². The largest absolute Gasteiger partial charge is 0.310 e. The third-order valence-electron chi connectivity index (χ3n) is 4.83. The van der Waals surface area contributed by atoms with E-state index in [0.29, 0.717) is 0 Å². The summed E-state index contributed by atoms with van der Waals surface area (Å²) in [4.78, 5) is 0. The minimum Gasteiger partial charge on any atom is -0.310 e. The Balaban J connectivity index is 1.62. The molecular formula is C22H34N2. The number of fused-ring (bicyclic) bond motifs is 1. The van der Waals surface area contributed by atoms with Crippen LogP contribution in [0.2, 0.25) is 0 Å². The van der Waals surface area contributed by atoms with Gasteiger partial charge in [-0.25, -0.2) is 5.84 Å². The number of benzene rings is 2. The first-order valence-corrected chi connectivity index (χ1v) is 9.83. The lowest BCUT2D eigenvalue weighted by Gasteiger charge is -2.20. The topological polar surface area (TPSA) is 29.3 Å². The van der Waals surface area contributed by atoms with Crippen molar-refractivity contribution in [3.63, 3.8) is 0 Å². The zero-order valence-corrected chi connectivity index (χ0v) is 15.3. The lowest BCUT2D eigenvalue weighted by Crippen LogP contribution is -2.31. The number of nitrogens with two attached hydrogens (primary N) is 1. The van der Waals surface area contributed by atoms with Crippen LogP contribution in [-0.2, 0) is 0 Å². The molecule has 2 N–H and O–H groups in total. The van der Waals surface area contributed by atoms with Crippen LogP contribution in [0.15, 0.2) is 42.5 Å². The quantitative estimate of drug-likeness (QED) is 0.276. The Morgan fingerprint density at radius 3 is 2.00 bits per heavy atom. The molecule has 0 fully saturated rings. The molecule has 24 heavy (non-hydrogen) atoms. The normalized spacial score (nSPS) is 11.1. The predicted molar refractivity (Wildman–Crippen MR) is 107 cm³/mol. The van der Waals surface area contributed by atoms with Gasteiger partial charge < -0.3 is 5.01 Å². The van der Waals surface area contributed by atoms with E-state index in [-0.39, 0.29) is 0 Å². The van der Waals surface area contributed by atoms with E-state index in [2.05, 4.69) is 49.4 Å². The summed E-state index contributed by atoms with van der Waals surface area (Å²) in [6, 6.07) is 14.8. The van der Waals surface area contributed by atoms with Crippen molar-refractivity contribution in [1.82, 2.24) is 0 Å². The number of nitrogens with zero attached hydrogens (tertiary/aromatic N) is 1. The molecule has 0 saturated carbocycles. The van der Waals surface area contributed by atoms with Gasteiger partial charge in [-0.1, -0.05) is 101 Å². The molecule has 0 bridgehead atoms. The maximum absolute atomic E-state index is 6.30. The summed E-state index contributed by atoms with van der Waals surface area (Å²) in [6.45, 7) is 3.21. The predicted octanol–water partition coefficient (Wildman–Crippen LogP) is 6.44. The van der Waals surface area contributed by atoms with Crippen molar-refractivity contribution < 1.29 is 0 Å². The number of hydrazine groups is 1. The molecule has 132 valence electrons. The third-order valence-corrected chi connectivity index (χ3v) is 4.83. The summed E-state index contributed by atoms with van der Waals surface area (Å²) in [5.41, 5.74) is 1.14. The highest BCUT2D eigenvalue weighted by atomic mass is 15.4. The van der Waals surface area contributed by atoms with Crippen LogP contribution >= 0.6 is 0 Å². The second kappa shape index (κ2) is 11.1. The molecule has 2 heteroatoms. The van der Waals surface area contributed by atoms with Gasteiger partial charge in [0, 0.05) is 11.9 Å². The Hall–Kier alpha value is -1.54. The van der Waals surface area contributed by atoms with Crippen LogP contribution in [0.1, 0.15) is 71.1 Å². The van der Waals surface area contributed by atoms with Gasteiger partial charge in [-0.05, 0) is 17.9 Å². The summed E-state index contributed by atoms with van der Waals surface area (Å²) >= 11 is 0. The fourth-order valence-corrected chi connectivity index (χ4v) is 3.35. The molecule has 2 nitrogen and oxygen atoms in total. The van der Waals surface area contributed by atoms with E-state index in [0.717, 1.165) is 12.2 Å². The van der Waals surface area contributed by atoms with E-state index in [4.69, 9.17) is 5.84 Å². The molecule has 0 aliphatic carbocycles. The van der Waals surface area contributed by atoms with Crippen molar-refractivity contribution in [3.8, 4) is 0 Å². The summed E-state index contributed by atoms with van der Waals surface area (Å²) in [5.74, 6) is 6.30. The summed E-state index contributed by atoms with van der Waals surface area (Å²) < 4.78 is 0. The van der Waals surface area contributed by atoms with E-state index < -0.39 is 0 Å². The molecule has 0 amide bonds. The summed E-state index contributed by atoms with van der Waals surface area (Å²) in [5, 5.41) is 4.43. The van der Waals surface area contributed by atoms with Gasteiger partial charge in [-0.2, -0.15) is 0 Å². The highest BCUT2D eigenvalue weighted by Gasteiger charge is 2.05. The second-order valence-corrected chi connectivity index (χ2v) is 6.87. The van der Waals surface area contributed by atoms with Crippen LogP contribution < -0.4 is 10.9 Å². The van der Waals surface area contributed by atoms with Crippen molar-refractivity contribution in [2.45, 2.75) is 71.1 Å². The number of hydrogen-bond donors (Lipinski definition) is 1. The first-order chi connectivity index (χ1) is 11.8. The fourth-order valence-electron chi connectivity index (χ4n) is 3.35. The Kier molecular flexibility index (Phi) is 8.69. The van der Waals surface area contributed by atoms with Crippen molar-refractivity contribution in [1.29, 1.82) is 0 Å². The molecule has 0 aliphatic rings. The number of hydrogen-bond acceptors (Lipinski definition) is 2. The van der Waals surface area contributed by atoms with Crippen LogP contribution in [0.5, 0.6) is 0 Å². The second-order valence-electron chi connectivity index (χ2n) is 6.87. The molecule has 0 heterocycles. The molecule has 2 aromatic carbocycles. The Morgan fingerprint density at radius 1 is 0.708 bits per heavy atom. The fraction of sp³-hybridized carbons (Fsp3) is 0.545. The van der Waals surface area contributed by atoms with Gasteiger partial charge in [0.05, 0.1) is 5.69 Å². The van der Waals surface area contributed by atoms with E-state index in [1.54, 1.807) is 0 Å². The standard InChI is InChI=1S/C22H34N2/c1-2-3-4-5-6-7-8-9-10-13-19-24(23)22-18-14-16-20-15-11-12-17-21(20)22/h11-12,14-18H,2-10,13,19,23H2,1H3. The number of anilines is 1. The van der Waals surface area contributed by atoms with Gasteiger partial charge >= 0.3 is 0 Å². The lowest BCUT2D eigenvalue weighted by molar-refractivity contribution is 0.555. The van der Waals surface area contributed by atoms with Crippen LogP contribution in [0.4, 0.5) is 5.69 Å². The van der Waals surface area contributed by atoms with E-state index in [1.165, 1.54) is 75.0 Å². The Labute approximate surface area is 148 Å². The van der Waals surface area contributed by atoms with Crippen molar-refractivity contribution in [2.24, 2.45) is 5.84 Å². The third kappa shape index (κ3) is 6.16. The zero-order chi connectivity index (χ0) is 17.0. The molecule has 0 saturated heterocycles. The SMILES string of the molecule is CCCCCCCCCCCCN(N)c1cccc2ccccc12. The van der Waals surface area contributed by atoms with Crippen molar-refractivity contribution in [2.75, 3.05) is 11.6 Å². The zero-order valence-electron chi connectivity index (χ0n) is 15.3. The molecule has 0 spiro atoms. The van der Waals surface area contributed by atoms with Gasteiger partial charge in [0.15, 0.2) is 0 Å². The van der Waals surface area contributed by atoms with Crippen LogP contribution in [-0.4, -0.2) is 6.54 Å². The average molecular weight is 327 g/mol. The number of rotatable bonds is 12. The van der Waals surface area contributed by atoms with Crippen molar-refractivity contribution in [3.05, 3.63) is 42.5 Å². The Morgan fingerprint density at radius 2 is 1.29 bits per heavy atom. The van der Waals surface area contributed by atoms with Gasteiger partial charge in [0.25, 0.3) is 0 Å². The highest BCUT2D eigenvalue weighted by molar-refractivity contribution is 5.94. The Bertz CT molecular complexity index is 574. The minimum atomic E-state index is 0.935. The van der Waals surface area contributed by atoms with Crippen LogP contribution in [0, 0.1) is 0 Å². The average Bonchev–Trinajstić information content (AvgIpc) is 2.62. The van der Waals surface area contributed by atoms with Gasteiger partial charge in [-0.3, -0.25) is 0 Å². The van der Waals surface area contributed by atoms with Gasteiger partial charge in [0.2, 0.25) is 0 Å². The number of unbranched alkanes of at least 4 members (excludes halogenated alkanes) is 9. The first kappa shape index (κ1) is 18.8. The molecular weight excluding hydrogens is 292 g/mol. The van der Waals surface area contributed by atoms with Gasteiger partial charge in [0.1, 0.15) is 0 Å². The first-order valence-electron chi connectivity index (χ1n) is 9.83. The van der Waals surface area contributed by atoms with Gasteiger partial charge in [-0.15, -0.1) is 0 Å². The van der Waals surface area contributed by atoms with Crippen molar-refractivity contribution >= 4 is 16.5 Å². The molecule has 0 aromatic heterocycles. The molecule has 2 rings (SSSR count). The van der Waals surface area contributed by atoms with Crippen LogP contribution in [0.3, 0.4) is 0 Å². The minimum absolute atomic E-state index is 0.935. The van der Waals surface area contributed by atoms with E-state index >= 15 is 0 Å². The molecule has 0 unspecified atom stereocenters. The lowest BCUT2D eigenvalue weighted by atomic mass is 10.1. The highest BCUT2D eigenvalue weighted by Crippen LogP contribution is 2.25. The maximum atomic E-state index is 6.30. The summed E-state index contributed by atoms with van der Waals surface area (Å²) in [6.07, 6.45) is 13.6. The monoisotopic (exact) mass is 326 g/mol. The molecule has 0 radical (unpaired) electrons.